The van der Waals surface area contributed by atoms with Gasteiger partial charge in [0.05, 0.1) is 19.3 Å². The number of nitrogens with zero attached hydrogens (tertiary/aromatic N) is 3. The van der Waals surface area contributed by atoms with E-state index in [9.17, 15) is 8.78 Å². The molecule has 7 heteroatoms. The highest BCUT2D eigenvalue weighted by atomic mass is 79.9. The molecule has 0 radical (unpaired) electrons. The number of rotatable bonds is 2. The topological polar surface area (TPSA) is 38.2 Å². The van der Waals surface area contributed by atoms with Crippen molar-refractivity contribution in [2.45, 2.75) is 19.3 Å². The second-order valence-corrected chi connectivity index (χ2v) is 4.75. The number of ether oxygens (including phenoxy) is 1. The summed E-state index contributed by atoms with van der Waals surface area (Å²) in [6, 6.07) is 0. The molecule has 1 aliphatic rings. The van der Waals surface area contributed by atoms with E-state index in [1.165, 1.54) is 12.0 Å². The summed E-state index contributed by atoms with van der Waals surface area (Å²) in [5.41, 5.74) is 0.669. The summed E-state index contributed by atoms with van der Waals surface area (Å²) in [5, 5.41) is 0. The van der Waals surface area contributed by atoms with Crippen molar-refractivity contribution < 1.29 is 13.5 Å². The van der Waals surface area contributed by atoms with Crippen LogP contribution in [0.4, 0.5) is 14.7 Å². The normalized spacial score (nSPS) is 18.5. The summed E-state index contributed by atoms with van der Waals surface area (Å²) < 4.78 is 31.9. The van der Waals surface area contributed by atoms with Crippen LogP contribution in [0.3, 0.4) is 0 Å². The van der Waals surface area contributed by atoms with Gasteiger partial charge < -0.3 is 9.64 Å². The van der Waals surface area contributed by atoms with Gasteiger partial charge in [0.1, 0.15) is 4.47 Å². The Hall–Kier alpha value is -0.980. The summed E-state index contributed by atoms with van der Waals surface area (Å²) in [6.45, 7) is 1.69. The average Bonchev–Trinajstić information content (AvgIpc) is 2.62. The molecule has 4 nitrogen and oxygen atoms in total. The third-order valence-electron chi connectivity index (χ3n) is 2.62. The van der Waals surface area contributed by atoms with E-state index in [4.69, 9.17) is 4.74 Å². The SMILES string of the molecule is COc1nc(N2CCC(F)(F)C2)nc(C)c1Br. The summed E-state index contributed by atoms with van der Waals surface area (Å²) in [5.74, 6) is -2.00. The Balaban J connectivity index is 2.31. The number of aromatic nitrogens is 2. The molecule has 0 amide bonds. The van der Waals surface area contributed by atoms with Crippen LogP contribution in [0, 0.1) is 6.92 Å². The highest BCUT2D eigenvalue weighted by Gasteiger charge is 2.39. The number of halogens is 3. The Morgan fingerprint density at radius 3 is 2.65 bits per heavy atom. The van der Waals surface area contributed by atoms with Crippen LogP contribution in [0.25, 0.3) is 0 Å². The summed E-state index contributed by atoms with van der Waals surface area (Å²) in [4.78, 5) is 9.77. The third-order valence-corrected chi connectivity index (χ3v) is 3.53. The van der Waals surface area contributed by atoms with Gasteiger partial charge in [-0.25, -0.2) is 13.8 Å². The van der Waals surface area contributed by atoms with Gasteiger partial charge in [0.2, 0.25) is 11.8 Å². The zero-order valence-corrected chi connectivity index (χ0v) is 11.1. The van der Waals surface area contributed by atoms with Gasteiger partial charge in [-0.05, 0) is 22.9 Å². The van der Waals surface area contributed by atoms with E-state index in [0.29, 0.717) is 22.0 Å². The molecular formula is C10H12BrF2N3O. The lowest BCUT2D eigenvalue weighted by molar-refractivity contribution is 0.0256. The first-order valence-corrected chi connectivity index (χ1v) is 5.93. The minimum Gasteiger partial charge on any atom is -0.480 e. The molecule has 1 fully saturated rings. The Labute approximate surface area is 106 Å². The average molecular weight is 308 g/mol. The lowest BCUT2D eigenvalue weighted by Gasteiger charge is -2.17. The maximum Gasteiger partial charge on any atom is 0.267 e. The van der Waals surface area contributed by atoms with Crippen molar-refractivity contribution in [1.29, 1.82) is 0 Å². The fraction of sp³-hybridized carbons (Fsp3) is 0.600. The van der Waals surface area contributed by atoms with Crippen LogP contribution in [0.5, 0.6) is 5.88 Å². The van der Waals surface area contributed by atoms with Crippen LogP contribution in [-0.2, 0) is 0 Å². The molecule has 0 bridgehead atoms. The zero-order chi connectivity index (χ0) is 12.6. The largest absolute Gasteiger partial charge is 0.480 e. The van der Waals surface area contributed by atoms with E-state index in [-0.39, 0.29) is 19.5 Å². The lowest BCUT2D eigenvalue weighted by atomic mass is 10.3. The third kappa shape index (κ3) is 2.48. The summed E-state index contributed by atoms with van der Waals surface area (Å²) in [7, 11) is 1.48. The molecule has 0 N–H and O–H groups in total. The van der Waals surface area contributed by atoms with Crippen molar-refractivity contribution in [2.24, 2.45) is 0 Å². The summed E-state index contributed by atoms with van der Waals surface area (Å²) >= 11 is 3.29. The Morgan fingerprint density at radius 2 is 2.12 bits per heavy atom. The van der Waals surface area contributed by atoms with E-state index in [1.54, 1.807) is 6.92 Å². The van der Waals surface area contributed by atoms with Crippen molar-refractivity contribution >= 4 is 21.9 Å². The van der Waals surface area contributed by atoms with E-state index >= 15 is 0 Å². The van der Waals surface area contributed by atoms with Crippen LogP contribution in [0.15, 0.2) is 4.47 Å². The first-order chi connectivity index (χ1) is 7.93. The van der Waals surface area contributed by atoms with Crippen LogP contribution in [0.2, 0.25) is 0 Å². The van der Waals surface area contributed by atoms with Gasteiger partial charge in [-0.3, -0.25) is 0 Å². The van der Waals surface area contributed by atoms with Crippen LogP contribution < -0.4 is 9.64 Å². The Morgan fingerprint density at radius 1 is 1.41 bits per heavy atom. The zero-order valence-electron chi connectivity index (χ0n) is 9.51. The number of hydrogen-bond donors (Lipinski definition) is 0. The number of anilines is 1. The predicted octanol–water partition coefficient (Wildman–Crippen LogP) is 2.40. The van der Waals surface area contributed by atoms with Gasteiger partial charge in [-0.15, -0.1) is 0 Å². The standard InChI is InChI=1S/C10H12BrF2N3O/c1-6-7(11)8(17-2)15-9(14-6)16-4-3-10(12,13)5-16/h3-5H2,1-2H3. The molecule has 0 spiro atoms. The molecule has 2 rings (SSSR count). The molecule has 0 aliphatic carbocycles. The quantitative estimate of drug-likeness (QED) is 0.841. The van der Waals surface area contributed by atoms with Crippen molar-refractivity contribution in [3.8, 4) is 5.88 Å². The number of hydrogen-bond acceptors (Lipinski definition) is 4. The minimum absolute atomic E-state index is 0.159. The molecule has 0 saturated carbocycles. The first kappa shape index (κ1) is 12.5. The molecule has 0 aromatic carbocycles. The lowest BCUT2D eigenvalue weighted by Crippen LogP contribution is -2.26. The molecule has 0 unspecified atom stereocenters. The monoisotopic (exact) mass is 307 g/mol. The molecule has 1 aliphatic heterocycles. The Kier molecular flexibility index (Phi) is 3.20. The Bertz CT molecular complexity index is 442. The number of methoxy groups -OCH3 is 1. The molecule has 94 valence electrons. The fourth-order valence-corrected chi connectivity index (χ4v) is 2.04. The predicted molar refractivity (Wildman–Crippen MR) is 62.8 cm³/mol. The highest BCUT2D eigenvalue weighted by molar-refractivity contribution is 9.10. The molecule has 1 aromatic rings. The number of alkyl halides is 2. The van der Waals surface area contributed by atoms with E-state index in [1.807, 2.05) is 0 Å². The molecule has 1 aromatic heterocycles. The van der Waals surface area contributed by atoms with Gasteiger partial charge in [-0.2, -0.15) is 4.98 Å². The van der Waals surface area contributed by atoms with Gasteiger partial charge in [0.15, 0.2) is 0 Å². The van der Waals surface area contributed by atoms with Crippen LogP contribution >= 0.6 is 15.9 Å². The number of aryl methyl sites for hydroxylation is 1. The molecule has 1 saturated heterocycles. The maximum atomic E-state index is 13.1. The summed E-state index contributed by atoms with van der Waals surface area (Å²) in [6.07, 6.45) is -0.159. The van der Waals surface area contributed by atoms with Crippen molar-refractivity contribution in [3.05, 3.63) is 10.2 Å². The van der Waals surface area contributed by atoms with E-state index in [2.05, 4.69) is 25.9 Å². The smallest absolute Gasteiger partial charge is 0.267 e. The van der Waals surface area contributed by atoms with E-state index < -0.39 is 5.92 Å². The first-order valence-electron chi connectivity index (χ1n) is 5.14. The van der Waals surface area contributed by atoms with Crippen molar-refractivity contribution in [1.82, 2.24) is 9.97 Å². The molecule has 2 heterocycles. The van der Waals surface area contributed by atoms with Crippen molar-refractivity contribution in [2.75, 3.05) is 25.1 Å². The maximum absolute atomic E-state index is 13.1. The van der Waals surface area contributed by atoms with Crippen molar-refractivity contribution in [3.63, 3.8) is 0 Å². The van der Waals surface area contributed by atoms with Gasteiger partial charge >= 0.3 is 0 Å². The second kappa shape index (κ2) is 4.36. The second-order valence-electron chi connectivity index (χ2n) is 3.96. The fourth-order valence-electron chi connectivity index (χ4n) is 1.70. The van der Waals surface area contributed by atoms with Gasteiger partial charge in [-0.1, -0.05) is 0 Å². The molecular weight excluding hydrogens is 296 g/mol. The highest BCUT2D eigenvalue weighted by Crippen LogP contribution is 2.32. The van der Waals surface area contributed by atoms with Crippen LogP contribution in [0.1, 0.15) is 12.1 Å². The van der Waals surface area contributed by atoms with Gasteiger partial charge in [0, 0.05) is 13.0 Å². The molecule has 0 atom stereocenters. The molecule has 17 heavy (non-hydrogen) atoms. The minimum atomic E-state index is -2.66. The van der Waals surface area contributed by atoms with Gasteiger partial charge in [0.25, 0.3) is 5.92 Å². The van der Waals surface area contributed by atoms with Crippen LogP contribution in [-0.4, -0.2) is 36.1 Å². The van der Waals surface area contributed by atoms with E-state index in [0.717, 1.165) is 0 Å².